The molecule has 0 amide bonds. The van der Waals surface area contributed by atoms with Gasteiger partial charge in [-0.25, -0.2) is 4.98 Å². The van der Waals surface area contributed by atoms with E-state index in [9.17, 15) is 0 Å². The molecule has 0 aliphatic rings. The van der Waals surface area contributed by atoms with E-state index in [1.165, 1.54) is 5.56 Å². The molecule has 0 fully saturated rings. The van der Waals surface area contributed by atoms with E-state index in [-0.39, 0.29) is 0 Å². The number of nitrogens with two attached hydrogens (primary N) is 1. The molecule has 0 radical (unpaired) electrons. The van der Waals surface area contributed by atoms with E-state index in [0.717, 1.165) is 36.5 Å². The third-order valence-corrected chi connectivity index (χ3v) is 3.22. The largest absolute Gasteiger partial charge is 0.495 e. The first kappa shape index (κ1) is 15.1. The van der Waals surface area contributed by atoms with Crippen molar-refractivity contribution in [1.82, 2.24) is 9.55 Å². The Hall–Kier alpha value is -2.25. The second kappa shape index (κ2) is 7.51. The van der Waals surface area contributed by atoms with Crippen molar-refractivity contribution >= 4 is 0 Å². The standard InChI is InChI=1S/C17H21N3O/c1-3-5-17-19-10-11-20(17)13-14-7-8-16(21-2)15(12-14)6-4-9-18/h7-8,10-12H,3,5,9,13,18H2,1-2H3. The summed E-state index contributed by atoms with van der Waals surface area (Å²) in [5.74, 6) is 7.83. The number of benzene rings is 1. The Morgan fingerprint density at radius 3 is 2.95 bits per heavy atom. The Morgan fingerprint density at radius 1 is 1.38 bits per heavy atom. The van der Waals surface area contributed by atoms with Gasteiger partial charge in [0, 0.05) is 25.4 Å². The summed E-state index contributed by atoms with van der Waals surface area (Å²) in [6, 6.07) is 6.06. The average molecular weight is 283 g/mol. The van der Waals surface area contributed by atoms with Crippen molar-refractivity contribution in [1.29, 1.82) is 0 Å². The van der Waals surface area contributed by atoms with Gasteiger partial charge in [0.2, 0.25) is 0 Å². The first-order chi connectivity index (χ1) is 10.3. The third-order valence-electron chi connectivity index (χ3n) is 3.22. The highest BCUT2D eigenvalue weighted by Crippen LogP contribution is 2.20. The highest BCUT2D eigenvalue weighted by Gasteiger charge is 2.06. The lowest BCUT2D eigenvalue weighted by Gasteiger charge is -2.10. The van der Waals surface area contributed by atoms with Gasteiger partial charge in [-0.15, -0.1) is 0 Å². The smallest absolute Gasteiger partial charge is 0.134 e. The summed E-state index contributed by atoms with van der Waals surface area (Å²) in [6.45, 7) is 3.29. The van der Waals surface area contributed by atoms with E-state index in [0.29, 0.717) is 6.54 Å². The van der Waals surface area contributed by atoms with E-state index in [4.69, 9.17) is 10.5 Å². The number of hydrogen-bond donors (Lipinski definition) is 1. The Morgan fingerprint density at radius 2 is 2.24 bits per heavy atom. The summed E-state index contributed by atoms with van der Waals surface area (Å²) in [5.41, 5.74) is 7.49. The van der Waals surface area contributed by atoms with Crippen LogP contribution in [0.4, 0.5) is 0 Å². The minimum Gasteiger partial charge on any atom is -0.495 e. The van der Waals surface area contributed by atoms with E-state index < -0.39 is 0 Å². The molecule has 0 saturated carbocycles. The Balaban J connectivity index is 2.26. The van der Waals surface area contributed by atoms with E-state index in [1.54, 1.807) is 7.11 Å². The van der Waals surface area contributed by atoms with Crippen molar-refractivity contribution in [2.75, 3.05) is 13.7 Å². The van der Waals surface area contributed by atoms with Crippen LogP contribution in [0.3, 0.4) is 0 Å². The topological polar surface area (TPSA) is 53.1 Å². The summed E-state index contributed by atoms with van der Waals surface area (Å²) >= 11 is 0. The number of rotatable bonds is 5. The molecule has 1 aromatic heterocycles. The number of nitrogens with zero attached hydrogens (tertiary/aromatic N) is 2. The van der Waals surface area contributed by atoms with E-state index >= 15 is 0 Å². The molecule has 2 N–H and O–H groups in total. The Kier molecular flexibility index (Phi) is 5.42. The van der Waals surface area contributed by atoms with Crippen LogP contribution in [0.1, 0.15) is 30.3 Å². The molecule has 0 bridgehead atoms. The van der Waals surface area contributed by atoms with Gasteiger partial charge in [-0.05, 0) is 24.1 Å². The van der Waals surface area contributed by atoms with Gasteiger partial charge < -0.3 is 15.0 Å². The van der Waals surface area contributed by atoms with E-state index in [2.05, 4.69) is 40.4 Å². The van der Waals surface area contributed by atoms with Gasteiger partial charge in [0.25, 0.3) is 0 Å². The predicted molar refractivity (Wildman–Crippen MR) is 84.3 cm³/mol. The molecule has 2 aromatic rings. The maximum atomic E-state index is 5.44. The number of hydrogen-bond acceptors (Lipinski definition) is 3. The van der Waals surface area contributed by atoms with Crippen molar-refractivity contribution in [2.24, 2.45) is 5.73 Å². The van der Waals surface area contributed by atoms with E-state index in [1.807, 2.05) is 18.5 Å². The average Bonchev–Trinajstić information content (AvgIpc) is 2.93. The zero-order valence-electron chi connectivity index (χ0n) is 12.6. The van der Waals surface area contributed by atoms with Crippen molar-refractivity contribution in [3.63, 3.8) is 0 Å². The summed E-state index contributed by atoms with van der Waals surface area (Å²) in [4.78, 5) is 4.40. The van der Waals surface area contributed by atoms with Crippen LogP contribution in [0.15, 0.2) is 30.6 Å². The molecule has 2 rings (SSSR count). The first-order valence-corrected chi connectivity index (χ1v) is 7.14. The predicted octanol–water partition coefficient (Wildman–Crippen LogP) is 2.20. The van der Waals surface area contributed by atoms with Crippen LogP contribution in [0.2, 0.25) is 0 Å². The van der Waals surface area contributed by atoms with Crippen molar-refractivity contribution in [2.45, 2.75) is 26.3 Å². The molecule has 0 unspecified atom stereocenters. The highest BCUT2D eigenvalue weighted by molar-refractivity contribution is 5.48. The van der Waals surface area contributed by atoms with Gasteiger partial charge in [0.15, 0.2) is 0 Å². The molecular formula is C17H21N3O. The molecule has 21 heavy (non-hydrogen) atoms. The third kappa shape index (κ3) is 3.87. The van der Waals surface area contributed by atoms with Gasteiger partial charge in [0.1, 0.15) is 11.6 Å². The fourth-order valence-corrected chi connectivity index (χ4v) is 2.23. The number of ether oxygens (including phenoxy) is 1. The second-order valence-electron chi connectivity index (χ2n) is 4.76. The lowest BCUT2D eigenvalue weighted by Crippen LogP contribution is -2.04. The SMILES string of the molecule is CCCc1nccn1Cc1ccc(OC)c(C#CCN)c1. The molecule has 1 aromatic carbocycles. The molecule has 4 nitrogen and oxygen atoms in total. The van der Waals surface area contributed by atoms with Gasteiger partial charge in [-0.1, -0.05) is 24.8 Å². The fourth-order valence-electron chi connectivity index (χ4n) is 2.23. The van der Waals surface area contributed by atoms with Gasteiger partial charge in [-0.2, -0.15) is 0 Å². The highest BCUT2D eigenvalue weighted by atomic mass is 16.5. The van der Waals surface area contributed by atoms with Crippen molar-refractivity contribution in [3.05, 3.63) is 47.5 Å². The minimum absolute atomic E-state index is 0.343. The second-order valence-corrected chi connectivity index (χ2v) is 4.76. The molecular weight excluding hydrogens is 262 g/mol. The number of aryl methyl sites for hydroxylation is 1. The lowest BCUT2D eigenvalue weighted by molar-refractivity contribution is 0.413. The van der Waals surface area contributed by atoms with Crippen LogP contribution in [0, 0.1) is 11.8 Å². The summed E-state index contributed by atoms with van der Waals surface area (Å²) < 4.78 is 7.50. The van der Waals surface area contributed by atoms with Gasteiger partial charge in [-0.3, -0.25) is 0 Å². The van der Waals surface area contributed by atoms with Crippen LogP contribution in [0.25, 0.3) is 0 Å². The fraction of sp³-hybridized carbons (Fsp3) is 0.353. The van der Waals surface area contributed by atoms with Gasteiger partial charge >= 0.3 is 0 Å². The van der Waals surface area contributed by atoms with Crippen LogP contribution < -0.4 is 10.5 Å². The monoisotopic (exact) mass is 283 g/mol. The Labute approximate surface area is 125 Å². The summed E-state index contributed by atoms with van der Waals surface area (Å²) in [5, 5.41) is 0. The van der Waals surface area contributed by atoms with Crippen LogP contribution in [-0.2, 0) is 13.0 Å². The maximum absolute atomic E-state index is 5.44. The lowest BCUT2D eigenvalue weighted by atomic mass is 10.1. The molecule has 0 aliphatic carbocycles. The molecule has 110 valence electrons. The quantitative estimate of drug-likeness (QED) is 0.856. The van der Waals surface area contributed by atoms with Crippen LogP contribution in [-0.4, -0.2) is 23.2 Å². The van der Waals surface area contributed by atoms with Crippen LogP contribution in [0.5, 0.6) is 5.75 Å². The maximum Gasteiger partial charge on any atom is 0.134 e. The van der Waals surface area contributed by atoms with Crippen molar-refractivity contribution < 1.29 is 4.74 Å². The summed E-state index contributed by atoms with van der Waals surface area (Å²) in [7, 11) is 1.65. The first-order valence-electron chi connectivity index (χ1n) is 7.14. The molecule has 4 heteroatoms. The van der Waals surface area contributed by atoms with Crippen LogP contribution >= 0.6 is 0 Å². The van der Waals surface area contributed by atoms with Crippen molar-refractivity contribution in [3.8, 4) is 17.6 Å². The number of methoxy groups -OCH3 is 1. The molecule has 0 aliphatic heterocycles. The zero-order chi connectivity index (χ0) is 15.1. The number of aromatic nitrogens is 2. The zero-order valence-corrected chi connectivity index (χ0v) is 12.6. The molecule has 0 spiro atoms. The summed E-state index contributed by atoms with van der Waals surface area (Å²) in [6.07, 6.45) is 5.94. The Bertz CT molecular complexity index is 650. The number of imidazole rings is 1. The molecule has 0 saturated heterocycles. The molecule has 1 heterocycles. The normalized spacial score (nSPS) is 10.0. The van der Waals surface area contributed by atoms with Gasteiger partial charge in [0.05, 0.1) is 19.2 Å². The molecule has 0 atom stereocenters. The minimum atomic E-state index is 0.343.